The number of hydrogen-bond acceptors (Lipinski definition) is 5. The van der Waals surface area contributed by atoms with Crippen molar-refractivity contribution >= 4 is 17.2 Å². The molecular formula is C20H26N2O3S. The number of likely N-dealkylation sites (N-methyl/N-ethyl adjacent to an activating group) is 1. The normalized spacial score (nSPS) is 19.0. The van der Waals surface area contributed by atoms with Crippen LogP contribution in [0.2, 0.25) is 0 Å². The van der Waals surface area contributed by atoms with Crippen LogP contribution in [0.4, 0.5) is 0 Å². The van der Waals surface area contributed by atoms with E-state index >= 15 is 0 Å². The van der Waals surface area contributed by atoms with E-state index in [1.165, 1.54) is 0 Å². The second kappa shape index (κ2) is 6.58. The third-order valence-electron chi connectivity index (χ3n) is 5.38. The van der Waals surface area contributed by atoms with Gasteiger partial charge in [-0.2, -0.15) is 0 Å². The van der Waals surface area contributed by atoms with Crippen LogP contribution in [-0.2, 0) is 17.8 Å². The van der Waals surface area contributed by atoms with E-state index in [0.29, 0.717) is 25.1 Å². The summed E-state index contributed by atoms with van der Waals surface area (Å²) in [5.74, 6) is 1.03. The van der Waals surface area contributed by atoms with Crippen LogP contribution < -0.4 is 4.74 Å². The number of ether oxygens (including phenoxy) is 1. The summed E-state index contributed by atoms with van der Waals surface area (Å²) >= 11 is 1.59. The van der Waals surface area contributed by atoms with E-state index in [2.05, 4.69) is 4.98 Å². The molecule has 140 valence electrons. The fourth-order valence-corrected chi connectivity index (χ4v) is 4.20. The molecule has 5 nitrogen and oxygen atoms in total. The van der Waals surface area contributed by atoms with Gasteiger partial charge in [-0.15, -0.1) is 11.3 Å². The molecule has 0 aliphatic carbocycles. The molecule has 1 aromatic heterocycles. The van der Waals surface area contributed by atoms with Crippen LogP contribution in [0.3, 0.4) is 0 Å². The van der Waals surface area contributed by atoms with Crippen molar-refractivity contribution < 1.29 is 14.6 Å². The Morgan fingerprint density at radius 3 is 2.62 bits per heavy atom. The number of rotatable bonds is 3. The maximum atomic E-state index is 13.1. The molecule has 1 aromatic carbocycles. The SMILES string of the molecule is Cc1nc(CN(C)C(=O)[C@]2(C)CCc3c(C)c(O)c(C)c(C)c3O2)cs1. The van der Waals surface area contributed by atoms with Crippen LogP contribution in [0.15, 0.2) is 5.38 Å². The van der Waals surface area contributed by atoms with Crippen molar-refractivity contribution in [3.05, 3.63) is 38.3 Å². The number of fused-ring (bicyclic) bond motifs is 1. The van der Waals surface area contributed by atoms with Crippen molar-refractivity contribution in [1.29, 1.82) is 0 Å². The minimum Gasteiger partial charge on any atom is -0.507 e. The average molecular weight is 375 g/mol. The molecule has 0 bridgehead atoms. The molecule has 2 aromatic rings. The number of carbonyl (C=O) groups excluding carboxylic acids is 1. The van der Waals surface area contributed by atoms with E-state index in [1.54, 1.807) is 23.3 Å². The van der Waals surface area contributed by atoms with Crippen molar-refractivity contribution in [3.8, 4) is 11.5 Å². The van der Waals surface area contributed by atoms with Gasteiger partial charge in [-0.1, -0.05) is 0 Å². The molecule has 0 fully saturated rings. The first-order chi connectivity index (χ1) is 12.1. The summed E-state index contributed by atoms with van der Waals surface area (Å²) in [6.07, 6.45) is 1.30. The molecule has 2 heterocycles. The minimum atomic E-state index is -0.909. The summed E-state index contributed by atoms with van der Waals surface area (Å²) in [6.45, 7) is 10.0. The summed E-state index contributed by atoms with van der Waals surface area (Å²) in [7, 11) is 1.79. The van der Waals surface area contributed by atoms with Crippen LogP contribution in [0.5, 0.6) is 11.5 Å². The lowest BCUT2D eigenvalue weighted by molar-refractivity contribution is -0.147. The Morgan fingerprint density at radius 1 is 1.31 bits per heavy atom. The molecule has 3 rings (SSSR count). The van der Waals surface area contributed by atoms with Gasteiger partial charge in [0.2, 0.25) is 0 Å². The predicted molar refractivity (Wildman–Crippen MR) is 103 cm³/mol. The maximum Gasteiger partial charge on any atom is 0.266 e. The Morgan fingerprint density at radius 2 is 2.00 bits per heavy atom. The highest BCUT2D eigenvalue weighted by Gasteiger charge is 2.42. The summed E-state index contributed by atoms with van der Waals surface area (Å²) in [5, 5.41) is 13.3. The molecule has 0 saturated carbocycles. The Hall–Kier alpha value is -2.08. The van der Waals surface area contributed by atoms with Gasteiger partial charge in [0.05, 0.1) is 17.2 Å². The Bertz CT molecular complexity index is 874. The topological polar surface area (TPSA) is 62.7 Å². The first-order valence-corrected chi connectivity index (χ1v) is 9.69. The molecule has 1 N–H and O–H groups in total. The van der Waals surface area contributed by atoms with Crippen LogP contribution in [-0.4, -0.2) is 33.5 Å². The maximum absolute atomic E-state index is 13.1. The second-order valence-electron chi connectivity index (χ2n) is 7.38. The lowest BCUT2D eigenvalue weighted by Crippen LogP contribution is -2.51. The predicted octanol–water partition coefficient (Wildman–Crippen LogP) is 3.82. The van der Waals surface area contributed by atoms with Crippen LogP contribution >= 0.6 is 11.3 Å². The Balaban J connectivity index is 1.87. The molecule has 0 radical (unpaired) electrons. The molecule has 1 aliphatic rings. The summed E-state index contributed by atoms with van der Waals surface area (Å²) in [5.41, 5.74) is 3.56. The quantitative estimate of drug-likeness (QED) is 0.887. The molecule has 6 heteroatoms. The molecule has 1 aliphatic heterocycles. The van der Waals surface area contributed by atoms with E-state index in [1.807, 2.05) is 40.0 Å². The molecule has 1 amide bonds. The van der Waals surface area contributed by atoms with Gasteiger partial charge in [0, 0.05) is 24.4 Å². The number of aryl methyl sites for hydroxylation is 1. The number of thiazole rings is 1. The van der Waals surface area contributed by atoms with Crippen molar-refractivity contribution in [2.24, 2.45) is 0 Å². The van der Waals surface area contributed by atoms with Crippen LogP contribution in [0.25, 0.3) is 0 Å². The zero-order valence-corrected chi connectivity index (χ0v) is 17.1. The van der Waals surface area contributed by atoms with Gasteiger partial charge >= 0.3 is 0 Å². The van der Waals surface area contributed by atoms with Crippen molar-refractivity contribution in [3.63, 3.8) is 0 Å². The molecular weight excluding hydrogens is 348 g/mol. The fraction of sp³-hybridized carbons (Fsp3) is 0.500. The lowest BCUT2D eigenvalue weighted by Gasteiger charge is -2.38. The van der Waals surface area contributed by atoms with E-state index in [0.717, 1.165) is 38.7 Å². The minimum absolute atomic E-state index is 0.0448. The number of amides is 1. The van der Waals surface area contributed by atoms with Gasteiger partial charge < -0.3 is 14.7 Å². The zero-order chi connectivity index (χ0) is 19.2. The molecule has 1 atom stereocenters. The third kappa shape index (κ3) is 3.07. The zero-order valence-electron chi connectivity index (χ0n) is 16.3. The Kier molecular flexibility index (Phi) is 4.73. The highest BCUT2D eigenvalue weighted by atomic mass is 32.1. The van der Waals surface area contributed by atoms with Crippen molar-refractivity contribution in [2.75, 3.05) is 7.05 Å². The molecule has 26 heavy (non-hydrogen) atoms. The number of aromatic nitrogens is 1. The number of nitrogens with zero attached hydrogens (tertiary/aromatic N) is 2. The lowest BCUT2D eigenvalue weighted by atomic mass is 9.86. The van der Waals surface area contributed by atoms with Gasteiger partial charge in [0.1, 0.15) is 11.5 Å². The molecule has 0 spiro atoms. The summed E-state index contributed by atoms with van der Waals surface area (Å²) in [4.78, 5) is 19.2. The number of carbonyl (C=O) groups is 1. The van der Waals surface area contributed by atoms with Crippen molar-refractivity contribution in [1.82, 2.24) is 9.88 Å². The standard InChI is InChI=1S/C20H26N2O3S/c1-11-12(2)18-16(13(3)17(11)23)7-8-20(5,25-18)19(24)22(6)9-15-10-26-14(4)21-15/h10,23H,7-9H2,1-6H3/t20-/m0/s1. The first-order valence-electron chi connectivity index (χ1n) is 8.81. The largest absolute Gasteiger partial charge is 0.507 e. The van der Waals surface area contributed by atoms with E-state index in [4.69, 9.17) is 4.74 Å². The molecule has 0 unspecified atom stereocenters. The van der Waals surface area contributed by atoms with E-state index in [9.17, 15) is 9.90 Å². The Labute approximate surface area is 158 Å². The van der Waals surface area contributed by atoms with Crippen LogP contribution in [0, 0.1) is 27.7 Å². The number of aromatic hydroxyl groups is 1. The van der Waals surface area contributed by atoms with Gasteiger partial charge in [0.15, 0.2) is 5.60 Å². The van der Waals surface area contributed by atoms with E-state index < -0.39 is 5.60 Å². The van der Waals surface area contributed by atoms with Gasteiger partial charge in [-0.05, 0) is 57.7 Å². The second-order valence-corrected chi connectivity index (χ2v) is 8.45. The highest BCUT2D eigenvalue weighted by molar-refractivity contribution is 7.09. The third-order valence-corrected chi connectivity index (χ3v) is 6.21. The summed E-state index contributed by atoms with van der Waals surface area (Å²) < 4.78 is 6.27. The fourth-order valence-electron chi connectivity index (χ4n) is 3.60. The first kappa shape index (κ1) is 18.7. The molecule has 0 saturated heterocycles. The smallest absolute Gasteiger partial charge is 0.266 e. The monoisotopic (exact) mass is 374 g/mol. The highest BCUT2D eigenvalue weighted by Crippen LogP contribution is 2.43. The number of benzene rings is 1. The average Bonchev–Trinajstić information content (AvgIpc) is 3.02. The van der Waals surface area contributed by atoms with E-state index in [-0.39, 0.29) is 5.91 Å². The van der Waals surface area contributed by atoms with Gasteiger partial charge in [0.25, 0.3) is 5.91 Å². The number of phenols is 1. The van der Waals surface area contributed by atoms with Crippen molar-refractivity contribution in [2.45, 2.75) is 59.6 Å². The van der Waals surface area contributed by atoms with Gasteiger partial charge in [-0.3, -0.25) is 4.79 Å². The number of hydrogen-bond donors (Lipinski definition) is 1. The summed E-state index contributed by atoms with van der Waals surface area (Å²) in [6, 6.07) is 0. The number of phenolic OH excluding ortho intramolecular Hbond substituents is 1. The van der Waals surface area contributed by atoms with Crippen LogP contribution in [0.1, 0.15) is 46.3 Å². The van der Waals surface area contributed by atoms with Gasteiger partial charge in [-0.25, -0.2) is 4.98 Å².